The zero-order valence-electron chi connectivity index (χ0n) is 14.9. The Morgan fingerprint density at radius 2 is 2.04 bits per heavy atom. The second-order valence-corrected chi connectivity index (χ2v) is 7.60. The van der Waals surface area contributed by atoms with Gasteiger partial charge in [-0.3, -0.25) is 14.5 Å². The van der Waals surface area contributed by atoms with Crippen molar-refractivity contribution in [1.29, 1.82) is 0 Å². The van der Waals surface area contributed by atoms with Crippen LogP contribution in [0.25, 0.3) is 0 Å². The Bertz CT molecular complexity index is 706. The molecule has 2 N–H and O–H groups in total. The van der Waals surface area contributed by atoms with Gasteiger partial charge >= 0.3 is 6.03 Å². The van der Waals surface area contributed by atoms with Crippen molar-refractivity contribution in [2.75, 3.05) is 13.1 Å². The first kappa shape index (κ1) is 18.7. The molecule has 0 radical (unpaired) electrons. The van der Waals surface area contributed by atoms with E-state index < -0.39 is 11.6 Å². The molecular formula is C19H24ClN3O3. The summed E-state index contributed by atoms with van der Waals surface area (Å²) in [6, 6.07) is 6.95. The average molecular weight is 378 g/mol. The Hall–Kier alpha value is -2.08. The van der Waals surface area contributed by atoms with Crippen molar-refractivity contribution in [3.05, 3.63) is 34.9 Å². The van der Waals surface area contributed by atoms with Crippen molar-refractivity contribution in [3.63, 3.8) is 0 Å². The molecule has 0 aromatic heterocycles. The van der Waals surface area contributed by atoms with Crippen LogP contribution in [0.15, 0.2) is 24.3 Å². The van der Waals surface area contributed by atoms with E-state index in [0.29, 0.717) is 24.4 Å². The molecule has 140 valence electrons. The van der Waals surface area contributed by atoms with Gasteiger partial charge in [-0.2, -0.15) is 0 Å². The van der Waals surface area contributed by atoms with Crippen LogP contribution in [0.3, 0.4) is 0 Å². The molecular weight excluding hydrogens is 354 g/mol. The number of hydrogen-bond acceptors (Lipinski definition) is 3. The van der Waals surface area contributed by atoms with Crippen LogP contribution in [0.4, 0.5) is 4.79 Å². The highest BCUT2D eigenvalue weighted by atomic mass is 35.5. The molecule has 2 aliphatic rings. The third-order valence-electron chi connectivity index (χ3n) is 5.45. The first-order valence-corrected chi connectivity index (χ1v) is 9.45. The van der Waals surface area contributed by atoms with Crippen LogP contribution in [-0.2, 0) is 16.0 Å². The minimum Gasteiger partial charge on any atom is -0.354 e. The van der Waals surface area contributed by atoms with Gasteiger partial charge in [0.1, 0.15) is 12.1 Å². The Labute approximate surface area is 158 Å². The maximum absolute atomic E-state index is 12.8. The number of imide groups is 1. The maximum Gasteiger partial charge on any atom is 0.325 e. The van der Waals surface area contributed by atoms with Crippen LogP contribution >= 0.6 is 11.6 Å². The molecule has 1 heterocycles. The normalized spacial score (nSPS) is 25.5. The molecule has 1 aliphatic carbocycles. The third-order valence-corrected chi connectivity index (χ3v) is 5.70. The average Bonchev–Trinajstić information content (AvgIpc) is 2.84. The van der Waals surface area contributed by atoms with Crippen LogP contribution in [-0.4, -0.2) is 41.4 Å². The predicted octanol–water partition coefficient (Wildman–Crippen LogP) is 2.50. The van der Waals surface area contributed by atoms with Crippen molar-refractivity contribution in [3.8, 4) is 0 Å². The monoisotopic (exact) mass is 377 g/mol. The summed E-state index contributed by atoms with van der Waals surface area (Å²) < 4.78 is 0. The molecule has 3 rings (SSSR count). The summed E-state index contributed by atoms with van der Waals surface area (Å²) in [7, 11) is 0. The summed E-state index contributed by atoms with van der Waals surface area (Å²) in [5.74, 6) is -0.504. The first-order chi connectivity index (χ1) is 12.4. The van der Waals surface area contributed by atoms with Crippen molar-refractivity contribution in [2.45, 2.75) is 44.6 Å². The molecule has 4 amide bonds. The number of carbonyl (C=O) groups is 3. The first-order valence-electron chi connectivity index (χ1n) is 9.07. The number of hydrogen-bond donors (Lipinski definition) is 2. The largest absolute Gasteiger partial charge is 0.354 e. The van der Waals surface area contributed by atoms with E-state index in [4.69, 9.17) is 11.6 Å². The van der Waals surface area contributed by atoms with Crippen molar-refractivity contribution >= 4 is 29.4 Å². The lowest BCUT2D eigenvalue weighted by atomic mass is 9.73. The van der Waals surface area contributed by atoms with Crippen molar-refractivity contribution in [2.24, 2.45) is 5.92 Å². The van der Waals surface area contributed by atoms with Gasteiger partial charge in [-0.1, -0.05) is 43.5 Å². The van der Waals surface area contributed by atoms with E-state index in [2.05, 4.69) is 10.6 Å². The molecule has 1 aromatic carbocycles. The summed E-state index contributed by atoms with van der Waals surface area (Å²) in [6.45, 7) is 2.19. The van der Waals surface area contributed by atoms with E-state index in [1.807, 2.05) is 19.1 Å². The summed E-state index contributed by atoms with van der Waals surface area (Å²) in [6.07, 6.45) is 4.19. The van der Waals surface area contributed by atoms with Gasteiger partial charge in [0.05, 0.1) is 0 Å². The molecule has 1 aromatic rings. The molecule has 0 unspecified atom stereocenters. The van der Waals surface area contributed by atoms with Crippen LogP contribution in [0, 0.1) is 5.92 Å². The van der Waals surface area contributed by atoms with Gasteiger partial charge in [0, 0.05) is 11.6 Å². The SMILES string of the molecule is C[C@@H]1CCCC[C@@]12NC(=O)N(CC(=O)NCCc1ccc(Cl)cc1)C2=O. The number of amides is 4. The van der Waals surface area contributed by atoms with Gasteiger partial charge in [0.25, 0.3) is 5.91 Å². The van der Waals surface area contributed by atoms with Gasteiger partial charge in [-0.15, -0.1) is 0 Å². The summed E-state index contributed by atoms with van der Waals surface area (Å²) in [4.78, 5) is 38.3. The fraction of sp³-hybridized carbons (Fsp3) is 0.526. The van der Waals surface area contributed by atoms with Gasteiger partial charge in [0.15, 0.2) is 0 Å². The number of nitrogens with zero attached hydrogens (tertiary/aromatic N) is 1. The van der Waals surface area contributed by atoms with Gasteiger partial charge in [-0.05, 0) is 42.9 Å². The van der Waals surface area contributed by atoms with E-state index in [9.17, 15) is 14.4 Å². The zero-order chi connectivity index (χ0) is 18.7. The smallest absolute Gasteiger partial charge is 0.325 e. The zero-order valence-corrected chi connectivity index (χ0v) is 15.6. The summed E-state index contributed by atoms with van der Waals surface area (Å²) in [5, 5.41) is 6.30. The molecule has 6 nitrogen and oxygen atoms in total. The quantitative estimate of drug-likeness (QED) is 0.774. The number of nitrogens with one attached hydrogen (secondary N) is 2. The van der Waals surface area contributed by atoms with E-state index in [1.165, 1.54) is 0 Å². The topological polar surface area (TPSA) is 78.5 Å². The summed E-state index contributed by atoms with van der Waals surface area (Å²) >= 11 is 5.85. The molecule has 26 heavy (non-hydrogen) atoms. The highest BCUT2D eigenvalue weighted by Gasteiger charge is 2.55. The van der Waals surface area contributed by atoms with E-state index in [1.54, 1.807) is 12.1 Å². The maximum atomic E-state index is 12.8. The molecule has 1 saturated heterocycles. The molecule has 0 bridgehead atoms. The number of urea groups is 1. The fourth-order valence-electron chi connectivity index (χ4n) is 3.84. The number of rotatable bonds is 5. The highest BCUT2D eigenvalue weighted by molar-refractivity contribution is 6.30. The molecule has 1 spiro atoms. The number of benzene rings is 1. The Morgan fingerprint density at radius 1 is 1.31 bits per heavy atom. The van der Waals surface area contributed by atoms with E-state index in [-0.39, 0.29) is 24.3 Å². The van der Waals surface area contributed by atoms with Crippen LogP contribution < -0.4 is 10.6 Å². The minimum absolute atomic E-state index is 0.0886. The number of halogens is 1. The Balaban J connectivity index is 1.53. The Kier molecular flexibility index (Phi) is 5.51. The lowest BCUT2D eigenvalue weighted by Gasteiger charge is -2.36. The summed E-state index contributed by atoms with van der Waals surface area (Å²) in [5.41, 5.74) is 0.235. The molecule has 1 saturated carbocycles. The third kappa shape index (κ3) is 3.70. The van der Waals surface area contributed by atoms with Crippen LogP contribution in [0.1, 0.15) is 38.2 Å². The van der Waals surface area contributed by atoms with Crippen molar-refractivity contribution < 1.29 is 14.4 Å². The standard InChI is InChI=1S/C19H24ClN3O3/c1-13-4-2-3-10-19(13)17(25)23(18(26)22-19)12-16(24)21-11-9-14-5-7-15(20)8-6-14/h5-8,13H,2-4,9-12H2,1H3,(H,21,24)(H,22,26)/t13-,19-/m1/s1. The second-order valence-electron chi connectivity index (χ2n) is 7.17. The number of carbonyl (C=O) groups excluding carboxylic acids is 3. The van der Waals surface area contributed by atoms with Crippen LogP contribution in [0.5, 0.6) is 0 Å². The minimum atomic E-state index is -0.821. The lowest BCUT2D eigenvalue weighted by Crippen LogP contribution is -2.54. The second kappa shape index (κ2) is 7.66. The fourth-order valence-corrected chi connectivity index (χ4v) is 3.96. The van der Waals surface area contributed by atoms with E-state index in [0.717, 1.165) is 29.7 Å². The van der Waals surface area contributed by atoms with Gasteiger partial charge in [0.2, 0.25) is 5.91 Å². The molecule has 1 aliphatic heterocycles. The lowest BCUT2D eigenvalue weighted by molar-refractivity contribution is -0.137. The molecule has 2 atom stereocenters. The Morgan fingerprint density at radius 3 is 2.73 bits per heavy atom. The van der Waals surface area contributed by atoms with Gasteiger partial charge in [-0.25, -0.2) is 4.79 Å². The van der Waals surface area contributed by atoms with Crippen molar-refractivity contribution in [1.82, 2.24) is 15.5 Å². The molecule has 7 heteroatoms. The van der Waals surface area contributed by atoms with Gasteiger partial charge < -0.3 is 10.6 Å². The predicted molar refractivity (Wildman–Crippen MR) is 98.8 cm³/mol. The highest BCUT2D eigenvalue weighted by Crippen LogP contribution is 2.38. The molecule has 2 fully saturated rings. The van der Waals surface area contributed by atoms with E-state index >= 15 is 0 Å². The van der Waals surface area contributed by atoms with Crippen LogP contribution in [0.2, 0.25) is 5.02 Å².